The lowest BCUT2D eigenvalue weighted by molar-refractivity contribution is -0.115. The Balaban J connectivity index is 2.07. The van der Waals surface area contributed by atoms with Crippen LogP contribution in [0.4, 0.5) is 18.9 Å². The number of anilines is 1. The van der Waals surface area contributed by atoms with Crippen molar-refractivity contribution in [2.45, 2.75) is 17.9 Å². The van der Waals surface area contributed by atoms with Gasteiger partial charge in [-0.25, -0.2) is 12.8 Å². The summed E-state index contributed by atoms with van der Waals surface area (Å²) in [6, 6.07) is 8.47. The molecule has 5 nitrogen and oxygen atoms in total. The van der Waals surface area contributed by atoms with Crippen molar-refractivity contribution >= 4 is 21.4 Å². The van der Waals surface area contributed by atoms with Crippen LogP contribution in [0.2, 0.25) is 0 Å². The number of hydrogen-bond donors (Lipinski definition) is 1. The third kappa shape index (κ3) is 5.49. The van der Waals surface area contributed by atoms with E-state index < -0.39 is 28.2 Å². The summed E-state index contributed by atoms with van der Waals surface area (Å²) in [5.74, 6) is -1.42. The lowest BCUT2D eigenvalue weighted by atomic mass is 10.1. The first-order chi connectivity index (χ1) is 11.6. The minimum Gasteiger partial charge on any atom is -0.435 e. The monoisotopic (exact) mass is 373 g/mol. The lowest BCUT2D eigenvalue weighted by Gasteiger charge is -2.09. The van der Waals surface area contributed by atoms with Crippen LogP contribution in [0.25, 0.3) is 0 Å². The van der Waals surface area contributed by atoms with Crippen molar-refractivity contribution in [3.8, 4) is 5.75 Å². The molecule has 0 fully saturated rings. The van der Waals surface area contributed by atoms with Gasteiger partial charge in [0.25, 0.3) is 0 Å². The average molecular weight is 373 g/mol. The van der Waals surface area contributed by atoms with Gasteiger partial charge in [0.15, 0.2) is 9.84 Å². The van der Waals surface area contributed by atoms with E-state index in [1.807, 2.05) is 0 Å². The fourth-order valence-electron chi connectivity index (χ4n) is 2.00. The van der Waals surface area contributed by atoms with Gasteiger partial charge in [-0.15, -0.1) is 0 Å². The molecule has 2 aromatic rings. The van der Waals surface area contributed by atoms with E-state index in [-0.39, 0.29) is 22.8 Å². The number of amides is 1. The van der Waals surface area contributed by atoms with Crippen LogP contribution in [0.15, 0.2) is 47.4 Å². The molecule has 1 N–H and O–H groups in total. The third-order valence-corrected chi connectivity index (χ3v) is 4.26. The van der Waals surface area contributed by atoms with Crippen LogP contribution in [-0.2, 0) is 21.1 Å². The first-order valence-electron chi connectivity index (χ1n) is 6.98. The number of sulfone groups is 1. The predicted octanol–water partition coefficient (Wildman–Crippen LogP) is 3.01. The zero-order valence-electron chi connectivity index (χ0n) is 13.0. The van der Waals surface area contributed by atoms with Crippen LogP contribution in [-0.4, -0.2) is 27.2 Å². The molecule has 134 valence electrons. The van der Waals surface area contributed by atoms with Gasteiger partial charge in [-0.1, -0.05) is 12.1 Å². The number of nitrogens with one attached hydrogen (secondary N) is 1. The molecule has 0 atom stereocenters. The van der Waals surface area contributed by atoms with E-state index in [0.29, 0.717) is 5.56 Å². The van der Waals surface area contributed by atoms with Crippen LogP contribution in [0.5, 0.6) is 5.75 Å². The molecular weight excluding hydrogens is 359 g/mol. The molecule has 0 saturated carbocycles. The standard InChI is InChI=1S/C16H14F3NO4S/c1-25(22,23)12-6-7-13(17)14(9-12)20-15(21)8-10-2-4-11(5-3-10)24-16(18)19/h2-7,9,16H,8H2,1H3,(H,20,21). The van der Waals surface area contributed by atoms with Crippen molar-refractivity contribution in [3.63, 3.8) is 0 Å². The van der Waals surface area contributed by atoms with Gasteiger partial charge in [0.05, 0.1) is 17.0 Å². The second-order valence-corrected chi connectivity index (χ2v) is 7.18. The van der Waals surface area contributed by atoms with Crippen LogP contribution in [0.1, 0.15) is 5.56 Å². The summed E-state index contributed by atoms with van der Waals surface area (Å²) in [4.78, 5) is 11.9. The predicted molar refractivity (Wildman–Crippen MR) is 84.9 cm³/mol. The Morgan fingerprint density at radius 2 is 1.80 bits per heavy atom. The molecule has 25 heavy (non-hydrogen) atoms. The van der Waals surface area contributed by atoms with Gasteiger partial charge in [-0.2, -0.15) is 8.78 Å². The summed E-state index contributed by atoms with van der Waals surface area (Å²) in [5.41, 5.74) is 0.226. The van der Waals surface area contributed by atoms with Gasteiger partial charge in [0.2, 0.25) is 5.91 Å². The summed E-state index contributed by atoms with van der Waals surface area (Å²) in [5, 5.41) is 2.29. The SMILES string of the molecule is CS(=O)(=O)c1ccc(F)c(NC(=O)Cc2ccc(OC(F)F)cc2)c1. The fourth-order valence-corrected chi connectivity index (χ4v) is 2.65. The zero-order chi connectivity index (χ0) is 18.6. The second-order valence-electron chi connectivity index (χ2n) is 5.16. The molecule has 0 aliphatic carbocycles. The van der Waals surface area contributed by atoms with Crippen LogP contribution < -0.4 is 10.1 Å². The topological polar surface area (TPSA) is 72.5 Å². The number of benzene rings is 2. The van der Waals surface area contributed by atoms with Crippen molar-refractivity contribution in [3.05, 3.63) is 53.8 Å². The van der Waals surface area contributed by atoms with Gasteiger partial charge in [-0.05, 0) is 35.9 Å². The summed E-state index contributed by atoms with van der Waals surface area (Å²) < 4.78 is 65.0. The second kappa shape index (κ2) is 7.56. The van der Waals surface area contributed by atoms with E-state index in [1.54, 1.807) is 0 Å². The van der Waals surface area contributed by atoms with Crippen LogP contribution in [0, 0.1) is 5.82 Å². The number of alkyl halides is 2. The zero-order valence-corrected chi connectivity index (χ0v) is 13.8. The van der Waals surface area contributed by atoms with E-state index in [0.717, 1.165) is 24.5 Å². The summed E-state index contributed by atoms with van der Waals surface area (Å²) in [6.07, 6.45) is 0.812. The maximum atomic E-state index is 13.7. The normalized spacial score (nSPS) is 11.4. The van der Waals surface area contributed by atoms with E-state index in [9.17, 15) is 26.4 Å². The Morgan fingerprint density at radius 1 is 1.16 bits per heavy atom. The maximum absolute atomic E-state index is 13.7. The number of halogens is 3. The van der Waals surface area contributed by atoms with Crippen LogP contribution in [0.3, 0.4) is 0 Å². The molecule has 1 amide bonds. The van der Waals surface area contributed by atoms with Gasteiger partial charge >= 0.3 is 6.61 Å². The average Bonchev–Trinajstić information content (AvgIpc) is 2.50. The molecular formula is C16H14F3NO4S. The number of rotatable bonds is 6. The highest BCUT2D eigenvalue weighted by Gasteiger charge is 2.13. The van der Waals surface area contributed by atoms with E-state index >= 15 is 0 Å². The van der Waals surface area contributed by atoms with Crippen molar-refractivity contribution in [2.75, 3.05) is 11.6 Å². The van der Waals surface area contributed by atoms with Crippen molar-refractivity contribution < 1.29 is 31.1 Å². The molecule has 0 heterocycles. The lowest BCUT2D eigenvalue weighted by Crippen LogP contribution is -2.16. The Bertz CT molecular complexity index is 867. The number of carbonyl (C=O) groups excluding carboxylic acids is 1. The fraction of sp³-hybridized carbons (Fsp3) is 0.188. The summed E-state index contributed by atoms with van der Waals surface area (Å²) in [7, 11) is -3.54. The minimum absolute atomic E-state index is 0.0499. The van der Waals surface area contributed by atoms with E-state index in [2.05, 4.69) is 10.1 Å². The van der Waals surface area contributed by atoms with Gasteiger partial charge in [-0.3, -0.25) is 4.79 Å². The minimum atomic E-state index is -3.54. The highest BCUT2D eigenvalue weighted by Crippen LogP contribution is 2.20. The highest BCUT2D eigenvalue weighted by atomic mass is 32.2. The molecule has 0 aromatic heterocycles. The molecule has 0 unspecified atom stereocenters. The summed E-state index contributed by atoms with van der Waals surface area (Å²) >= 11 is 0. The molecule has 0 radical (unpaired) electrons. The molecule has 2 rings (SSSR count). The van der Waals surface area contributed by atoms with Crippen molar-refractivity contribution in [1.82, 2.24) is 0 Å². The van der Waals surface area contributed by atoms with Crippen LogP contribution >= 0.6 is 0 Å². The molecule has 2 aromatic carbocycles. The smallest absolute Gasteiger partial charge is 0.387 e. The number of carbonyl (C=O) groups is 1. The number of ether oxygens (including phenoxy) is 1. The quantitative estimate of drug-likeness (QED) is 0.790. The van der Waals surface area contributed by atoms with Crippen molar-refractivity contribution in [2.24, 2.45) is 0 Å². The van der Waals surface area contributed by atoms with Gasteiger partial charge in [0.1, 0.15) is 11.6 Å². The molecule has 0 bridgehead atoms. The third-order valence-electron chi connectivity index (χ3n) is 3.15. The molecule has 0 aliphatic rings. The Kier molecular flexibility index (Phi) is 5.68. The maximum Gasteiger partial charge on any atom is 0.387 e. The first-order valence-corrected chi connectivity index (χ1v) is 8.87. The molecule has 9 heteroatoms. The Labute approximate surface area is 142 Å². The van der Waals surface area contributed by atoms with E-state index in [4.69, 9.17) is 0 Å². The largest absolute Gasteiger partial charge is 0.435 e. The Morgan fingerprint density at radius 3 is 2.36 bits per heavy atom. The van der Waals surface area contributed by atoms with E-state index in [1.165, 1.54) is 24.3 Å². The first kappa shape index (κ1) is 18.8. The van der Waals surface area contributed by atoms with Gasteiger partial charge < -0.3 is 10.1 Å². The summed E-state index contributed by atoms with van der Waals surface area (Å²) in [6.45, 7) is -2.95. The molecule has 0 spiro atoms. The molecule has 0 aliphatic heterocycles. The highest BCUT2D eigenvalue weighted by molar-refractivity contribution is 7.90. The van der Waals surface area contributed by atoms with Crippen molar-refractivity contribution in [1.29, 1.82) is 0 Å². The Hall–Kier alpha value is -2.55. The van der Waals surface area contributed by atoms with Gasteiger partial charge in [0, 0.05) is 6.26 Å². The molecule has 0 saturated heterocycles. The number of hydrogen-bond acceptors (Lipinski definition) is 4.